The number of aromatic nitrogens is 2. The molecule has 0 radical (unpaired) electrons. The van der Waals surface area contributed by atoms with Gasteiger partial charge in [-0.05, 0) is 61.0 Å². The Morgan fingerprint density at radius 1 is 0.882 bits per heavy atom. The lowest BCUT2D eigenvalue weighted by atomic mass is 10.1. The number of amides is 1. The molecule has 0 fully saturated rings. The van der Waals surface area contributed by atoms with Gasteiger partial charge in [0.05, 0.1) is 39.7 Å². The summed E-state index contributed by atoms with van der Waals surface area (Å²) in [6, 6.07) is 21.2. The van der Waals surface area contributed by atoms with Crippen molar-refractivity contribution in [2.45, 2.75) is 30.9 Å². The minimum absolute atomic E-state index is 0.156. The standard InChI is InChI=1S/C26H25N3O4S/c1-3-33-21-12-8-19(9-13-21)16-25-26(29-24-7-5-4-6-23(24)28-25)17-34(31,32)22-14-10-20(11-15-22)27-18(2)30/h4-15H,3,16-17H2,1-2H3,(H,27,30). The van der Waals surface area contributed by atoms with Crippen LogP contribution in [0.4, 0.5) is 5.69 Å². The average Bonchev–Trinajstić information content (AvgIpc) is 2.81. The summed E-state index contributed by atoms with van der Waals surface area (Å²) in [5.41, 5.74) is 3.90. The second-order valence-corrected chi connectivity index (χ2v) is 9.81. The SMILES string of the molecule is CCOc1ccc(Cc2nc3ccccc3nc2CS(=O)(=O)c2ccc(NC(C)=O)cc2)cc1. The van der Waals surface area contributed by atoms with E-state index in [0.29, 0.717) is 41.1 Å². The number of nitrogens with one attached hydrogen (secondary N) is 1. The van der Waals surface area contributed by atoms with Gasteiger partial charge in [0.15, 0.2) is 9.84 Å². The fraction of sp³-hybridized carbons (Fsp3) is 0.192. The van der Waals surface area contributed by atoms with Crippen molar-refractivity contribution < 1.29 is 17.9 Å². The van der Waals surface area contributed by atoms with E-state index < -0.39 is 9.84 Å². The second kappa shape index (κ2) is 10.0. The molecular weight excluding hydrogens is 450 g/mol. The van der Waals surface area contributed by atoms with Gasteiger partial charge < -0.3 is 10.1 Å². The number of nitrogens with zero attached hydrogens (tertiary/aromatic N) is 2. The summed E-state index contributed by atoms with van der Waals surface area (Å²) in [5, 5.41) is 2.64. The van der Waals surface area contributed by atoms with Crippen LogP contribution >= 0.6 is 0 Å². The van der Waals surface area contributed by atoms with Crippen molar-refractivity contribution in [3.05, 3.63) is 89.7 Å². The molecule has 174 valence electrons. The van der Waals surface area contributed by atoms with E-state index in [2.05, 4.69) is 10.3 Å². The molecule has 1 heterocycles. The first-order valence-corrected chi connectivity index (χ1v) is 12.6. The normalized spacial score (nSPS) is 11.4. The molecule has 0 atom stereocenters. The van der Waals surface area contributed by atoms with Crippen LogP contribution in [-0.4, -0.2) is 30.9 Å². The number of carbonyl (C=O) groups excluding carboxylic acids is 1. The predicted octanol–water partition coefficient (Wildman–Crippen LogP) is 4.55. The van der Waals surface area contributed by atoms with Crippen molar-refractivity contribution in [1.82, 2.24) is 9.97 Å². The van der Waals surface area contributed by atoms with Gasteiger partial charge in [-0.15, -0.1) is 0 Å². The molecule has 0 aliphatic rings. The summed E-state index contributed by atoms with van der Waals surface area (Å²) in [6.45, 7) is 3.91. The minimum atomic E-state index is -3.69. The lowest BCUT2D eigenvalue weighted by molar-refractivity contribution is -0.114. The molecule has 0 bridgehead atoms. The van der Waals surface area contributed by atoms with Gasteiger partial charge in [-0.1, -0.05) is 24.3 Å². The highest BCUT2D eigenvalue weighted by atomic mass is 32.2. The van der Waals surface area contributed by atoms with Crippen LogP contribution in [0.25, 0.3) is 11.0 Å². The fourth-order valence-corrected chi connectivity index (χ4v) is 4.91. The van der Waals surface area contributed by atoms with Gasteiger partial charge >= 0.3 is 0 Å². The summed E-state index contributed by atoms with van der Waals surface area (Å²) in [6.07, 6.45) is 0.441. The number of fused-ring (bicyclic) bond motifs is 1. The maximum absolute atomic E-state index is 13.2. The maximum Gasteiger partial charge on any atom is 0.221 e. The first-order chi connectivity index (χ1) is 16.3. The van der Waals surface area contributed by atoms with E-state index in [1.165, 1.54) is 19.1 Å². The number of benzene rings is 3. The Kier molecular flexibility index (Phi) is 6.88. The molecular formula is C26H25N3O4S. The van der Waals surface area contributed by atoms with Gasteiger partial charge in [-0.25, -0.2) is 18.4 Å². The fourth-order valence-electron chi connectivity index (χ4n) is 3.61. The van der Waals surface area contributed by atoms with Crippen molar-refractivity contribution in [3.63, 3.8) is 0 Å². The van der Waals surface area contributed by atoms with Gasteiger partial charge in [-0.2, -0.15) is 0 Å². The van der Waals surface area contributed by atoms with Crippen molar-refractivity contribution in [3.8, 4) is 5.75 Å². The van der Waals surface area contributed by atoms with Crippen LogP contribution < -0.4 is 10.1 Å². The predicted molar refractivity (Wildman–Crippen MR) is 132 cm³/mol. The van der Waals surface area contributed by atoms with Gasteiger partial charge in [0.1, 0.15) is 5.75 Å². The van der Waals surface area contributed by atoms with Crippen molar-refractivity contribution in [2.24, 2.45) is 0 Å². The zero-order valence-corrected chi connectivity index (χ0v) is 19.8. The zero-order valence-electron chi connectivity index (χ0n) is 19.0. The topological polar surface area (TPSA) is 98.2 Å². The van der Waals surface area contributed by atoms with E-state index in [9.17, 15) is 13.2 Å². The summed E-state index contributed by atoms with van der Waals surface area (Å²) >= 11 is 0. The zero-order chi connectivity index (χ0) is 24.1. The molecule has 0 aliphatic heterocycles. The number of sulfone groups is 1. The third-order valence-electron chi connectivity index (χ3n) is 5.19. The molecule has 34 heavy (non-hydrogen) atoms. The van der Waals surface area contributed by atoms with Crippen LogP contribution in [0, 0.1) is 0 Å². The number of carbonyl (C=O) groups is 1. The molecule has 4 rings (SSSR count). The second-order valence-electron chi connectivity index (χ2n) is 7.82. The van der Waals surface area contributed by atoms with Crippen LogP contribution in [-0.2, 0) is 26.8 Å². The maximum atomic E-state index is 13.2. The summed E-state index contributed by atoms with van der Waals surface area (Å²) < 4.78 is 31.9. The van der Waals surface area contributed by atoms with E-state index in [0.717, 1.165) is 11.3 Å². The van der Waals surface area contributed by atoms with E-state index in [1.54, 1.807) is 12.1 Å². The highest BCUT2D eigenvalue weighted by Gasteiger charge is 2.20. The van der Waals surface area contributed by atoms with E-state index in [1.807, 2.05) is 55.5 Å². The molecule has 0 aliphatic carbocycles. The third-order valence-corrected chi connectivity index (χ3v) is 6.84. The molecule has 0 saturated carbocycles. The Morgan fingerprint density at radius 2 is 1.50 bits per heavy atom. The number of ether oxygens (including phenoxy) is 1. The number of para-hydroxylation sites is 2. The number of anilines is 1. The van der Waals surface area contributed by atoms with Gasteiger partial charge in [-0.3, -0.25) is 4.79 Å². The van der Waals surface area contributed by atoms with Crippen LogP contribution in [0.15, 0.2) is 77.7 Å². The van der Waals surface area contributed by atoms with Gasteiger partial charge in [0.2, 0.25) is 5.91 Å². The molecule has 0 saturated heterocycles. The largest absolute Gasteiger partial charge is 0.494 e. The average molecular weight is 476 g/mol. The Balaban J connectivity index is 1.67. The molecule has 3 aromatic carbocycles. The van der Waals surface area contributed by atoms with Crippen LogP contribution in [0.2, 0.25) is 0 Å². The Labute approximate surface area is 198 Å². The Hall–Kier alpha value is -3.78. The van der Waals surface area contributed by atoms with E-state index in [-0.39, 0.29) is 16.6 Å². The quantitative estimate of drug-likeness (QED) is 0.401. The Bertz CT molecular complexity index is 1420. The lowest BCUT2D eigenvalue weighted by Crippen LogP contribution is -2.11. The molecule has 1 N–H and O–H groups in total. The molecule has 1 aromatic heterocycles. The van der Waals surface area contributed by atoms with Crippen LogP contribution in [0.5, 0.6) is 5.75 Å². The lowest BCUT2D eigenvalue weighted by Gasteiger charge is -2.12. The molecule has 8 heteroatoms. The monoisotopic (exact) mass is 475 g/mol. The van der Waals surface area contributed by atoms with Gasteiger partial charge in [0, 0.05) is 19.0 Å². The third kappa shape index (κ3) is 5.58. The molecule has 7 nitrogen and oxygen atoms in total. The van der Waals surface area contributed by atoms with E-state index in [4.69, 9.17) is 9.72 Å². The highest BCUT2D eigenvalue weighted by Crippen LogP contribution is 2.23. The molecule has 4 aromatic rings. The highest BCUT2D eigenvalue weighted by molar-refractivity contribution is 7.90. The van der Waals surface area contributed by atoms with Crippen molar-refractivity contribution >= 4 is 32.5 Å². The molecule has 0 unspecified atom stereocenters. The summed E-state index contributed by atoms with van der Waals surface area (Å²) in [7, 11) is -3.69. The summed E-state index contributed by atoms with van der Waals surface area (Å²) in [5.74, 6) is 0.277. The van der Waals surface area contributed by atoms with Crippen LogP contribution in [0.1, 0.15) is 30.8 Å². The van der Waals surface area contributed by atoms with Gasteiger partial charge in [0.25, 0.3) is 0 Å². The first kappa shape index (κ1) is 23.4. The van der Waals surface area contributed by atoms with Crippen molar-refractivity contribution in [1.29, 1.82) is 0 Å². The smallest absolute Gasteiger partial charge is 0.221 e. The summed E-state index contributed by atoms with van der Waals surface area (Å²) in [4.78, 5) is 20.8. The molecule has 0 spiro atoms. The van der Waals surface area contributed by atoms with Crippen molar-refractivity contribution in [2.75, 3.05) is 11.9 Å². The Morgan fingerprint density at radius 3 is 2.09 bits per heavy atom. The number of hydrogen-bond donors (Lipinski definition) is 1. The number of hydrogen-bond acceptors (Lipinski definition) is 6. The minimum Gasteiger partial charge on any atom is -0.494 e. The van der Waals surface area contributed by atoms with E-state index >= 15 is 0 Å². The van der Waals surface area contributed by atoms with Crippen LogP contribution in [0.3, 0.4) is 0 Å². The number of rotatable bonds is 8. The molecule has 1 amide bonds. The first-order valence-electron chi connectivity index (χ1n) is 10.9.